The van der Waals surface area contributed by atoms with Crippen LogP contribution in [0.5, 0.6) is 0 Å². The van der Waals surface area contributed by atoms with E-state index < -0.39 is 5.82 Å². The fraction of sp³-hybridized carbons (Fsp3) is 0.133. The summed E-state index contributed by atoms with van der Waals surface area (Å²) >= 11 is 1.59. The van der Waals surface area contributed by atoms with Gasteiger partial charge in [0.2, 0.25) is 0 Å². The number of carbonyl (C=O) groups excluding carboxylic acids is 1. The van der Waals surface area contributed by atoms with Crippen LogP contribution in [0.25, 0.3) is 0 Å². The molecule has 0 aliphatic carbocycles. The average Bonchev–Trinajstić information content (AvgIpc) is 2.48. The van der Waals surface area contributed by atoms with Crippen LogP contribution in [0.2, 0.25) is 0 Å². The summed E-state index contributed by atoms with van der Waals surface area (Å²) in [6.45, 7) is 1.99. The summed E-state index contributed by atoms with van der Waals surface area (Å²) in [4.78, 5) is 13.3. The Morgan fingerprint density at radius 1 is 1.22 bits per heavy atom. The van der Waals surface area contributed by atoms with E-state index in [-0.39, 0.29) is 11.3 Å². The fourth-order valence-corrected chi connectivity index (χ4v) is 3.31. The zero-order valence-electron chi connectivity index (χ0n) is 9.87. The molecule has 0 amide bonds. The number of hydrogen-bond donors (Lipinski definition) is 0. The normalized spacial score (nSPS) is 13.8. The van der Waals surface area contributed by atoms with Crippen molar-refractivity contribution in [1.29, 1.82) is 0 Å². The number of rotatable bonds is 0. The minimum atomic E-state index is -0.425. The molecule has 1 heterocycles. The first kappa shape index (κ1) is 11.5. The summed E-state index contributed by atoms with van der Waals surface area (Å²) in [7, 11) is 0. The highest BCUT2D eigenvalue weighted by Gasteiger charge is 2.24. The SMILES string of the molecule is Cc1ccc2c(c1)SCc1cccc(F)c1C2=O. The summed E-state index contributed by atoms with van der Waals surface area (Å²) in [6.07, 6.45) is 0. The third kappa shape index (κ3) is 1.75. The van der Waals surface area contributed by atoms with E-state index in [1.807, 2.05) is 25.1 Å². The van der Waals surface area contributed by atoms with Crippen molar-refractivity contribution in [3.05, 3.63) is 64.5 Å². The zero-order valence-corrected chi connectivity index (χ0v) is 10.7. The van der Waals surface area contributed by atoms with E-state index in [1.54, 1.807) is 23.9 Å². The smallest absolute Gasteiger partial charge is 0.197 e. The monoisotopic (exact) mass is 258 g/mol. The van der Waals surface area contributed by atoms with E-state index >= 15 is 0 Å². The van der Waals surface area contributed by atoms with Gasteiger partial charge in [0.1, 0.15) is 5.82 Å². The quantitative estimate of drug-likeness (QED) is 0.711. The molecular weight excluding hydrogens is 247 g/mol. The summed E-state index contributed by atoms with van der Waals surface area (Å²) in [5, 5.41) is 0. The van der Waals surface area contributed by atoms with E-state index in [2.05, 4.69) is 0 Å². The molecule has 3 heteroatoms. The van der Waals surface area contributed by atoms with Crippen molar-refractivity contribution >= 4 is 17.5 Å². The van der Waals surface area contributed by atoms with E-state index in [0.29, 0.717) is 11.3 Å². The third-order valence-electron chi connectivity index (χ3n) is 3.09. The Morgan fingerprint density at radius 3 is 2.89 bits per heavy atom. The van der Waals surface area contributed by atoms with Gasteiger partial charge in [0.15, 0.2) is 5.78 Å². The molecule has 0 radical (unpaired) electrons. The van der Waals surface area contributed by atoms with Crippen molar-refractivity contribution in [2.45, 2.75) is 17.6 Å². The Morgan fingerprint density at radius 2 is 2.06 bits per heavy atom. The second-order valence-corrected chi connectivity index (χ2v) is 5.41. The van der Waals surface area contributed by atoms with Crippen LogP contribution in [0.1, 0.15) is 27.0 Å². The van der Waals surface area contributed by atoms with E-state index in [4.69, 9.17) is 0 Å². The van der Waals surface area contributed by atoms with Gasteiger partial charge < -0.3 is 0 Å². The third-order valence-corrected chi connectivity index (χ3v) is 4.20. The van der Waals surface area contributed by atoms with Crippen LogP contribution in [0.4, 0.5) is 4.39 Å². The molecule has 1 aliphatic rings. The van der Waals surface area contributed by atoms with E-state index in [0.717, 1.165) is 16.0 Å². The Hall–Kier alpha value is -1.61. The molecule has 0 saturated heterocycles. The fourth-order valence-electron chi connectivity index (χ4n) is 2.17. The first-order valence-corrected chi connectivity index (χ1v) is 6.71. The van der Waals surface area contributed by atoms with Crippen LogP contribution in [0.15, 0.2) is 41.3 Å². The van der Waals surface area contributed by atoms with Crippen LogP contribution in [0, 0.1) is 12.7 Å². The maximum atomic E-state index is 13.8. The molecule has 1 nitrogen and oxygen atoms in total. The number of aryl methyl sites for hydroxylation is 1. The molecule has 0 spiro atoms. The number of fused-ring (bicyclic) bond motifs is 2. The predicted molar refractivity (Wildman–Crippen MR) is 70.6 cm³/mol. The van der Waals surface area contributed by atoms with Crippen LogP contribution < -0.4 is 0 Å². The minimum absolute atomic E-state index is 0.205. The van der Waals surface area contributed by atoms with E-state index in [9.17, 15) is 9.18 Å². The van der Waals surface area contributed by atoms with Crippen LogP contribution in [-0.4, -0.2) is 5.78 Å². The number of halogens is 1. The van der Waals surface area contributed by atoms with Crippen LogP contribution >= 0.6 is 11.8 Å². The Balaban J connectivity index is 2.24. The summed E-state index contributed by atoms with van der Waals surface area (Å²) in [5.74, 6) is 0.00424. The molecule has 0 fully saturated rings. The molecule has 0 bridgehead atoms. The molecule has 0 atom stereocenters. The second-order valence-electron chi connectivity index (χ2n) is 4.39. The average molecular weight is 258 g/mol. The second kappa shape index (κ2) is 4.25. The van der Waals surface area contributed by atoms with Crippen LogP contribution in [0.3, 0.4) is 0 Å². The first-order chi connectivity index (χ1) is 8.66. The molecule has 0 saturated carbocycles. The molecule has 18 heavy (non-hydrogen) atoms. The van der Waals surface area contributed by atoms with Crippen molar-refractivity contribution in [3.8, 4) is 0 Å². The summed E-state index contributed by atoms with van der Waals surface area (Å²) < 4.78 is 13.8. The van der Waals surface area contributed by atoms with Crippen molar-refractivity contribution in [1.82, 2.24) is 0 Å². The lowest BCUT2D eigenvalue weighted by Crippen LogP contribution is -2.06. The number of ketones is 1. The number of hydrogen-bond acceptors (Lipinski definition) is 2. The largest absolute Gasteiger partial charge is 0.288 e. The van der Waals surface area contributed by atoms with Gasteiger partial charge in [-0.1, -0.05) is 18.2 Å². The van der Waals surface area contributed by atoms with Gasteiger partial charge in [-0.05, 0) is 36.2 Å². The molecule has 0 N–H and O–H groups in total. The molecule has 2 aromatic carbocycles. The lowest BCUT2D eigenvalue weighted by atomic mass is 9.98. The van der Waals surface area contributed by atoms with Gasteiger partial charge in [-0.25, -0.2) is 4.39 Å². The molecule has 1 aliphatic heterocycles. The van der Waals surface area contributed by atoms with Gasteiger partial charge in [-0.3, -0.25) is 4.79 Å². The highest BCUT2D eigenvalue weighted by atomic mass is 32.2. The predicted octanol–water partition coefficient (Wildman–Crippen LogP) is 3.97. The highest BCUT2D eigenvalue weighted by Crippen LogP contribution is 2.35. The molecule has 0 aromatic heterocycles. The van der Waals surface area contributed by atoms with Gasteiger partial charge in [0.25, 0.3) is 0 Å². The number of carbonyl (C=O) groups is 1. The number of benzene rings is 2. The standard InChI is InChI=1S/C15H11FOS/c1-9-5-6-11-13(7-9)18-8-10-3-2-4-12(16)14(10)15(11)17/h2-7H,8H2,1H3. The highest BCUT2D eigenvalue weighted by molar-refractivity contribution is 7.98. The molecule has 2 aromatic rings. The first-order valence-electron chi connectivity index (χ1n) is 5.72. The van der Waals surface area contributed by atoms with Gasteiger partial charge in [0.05, 0.1) is 5.56 Å². The van der Waals surface area contributed by atoms with Crippen molar-refractivity contribution in [2.24, 2.45) is 0 Å². The summed E-state index contributed by atoms with van der Waals surface area (Å²) in [6, 6.07) is 10.5. The van der Waals surface area contributed by atoms with Crippen molar-refractivity contribution in [3.63, 3.8) is 0 Å². The zero-order chi connectivity index (χ0) is 12.7. The topological polar surface area (TPSA) is 17.1 Å². The minimum Gasteiger partial charge on any atom is -0.288 e. The Bertz CT molecular complexity index is 649. The molecule has 3 rings (SSSR count). The maximum absolute atomic E-state index is 13.8. The Labute approximate surface area is 109 Å². The van der Waals surface area contributed by atoms with Gasteiger partial charge in [-0.15, -0.1) is 11.8 Å². The lowest BCUT2D eigenvalue weighted by Gasteiger charge is -2.06. The van der Waals surface area contributed by atoms with Crippen molar-refractivity contribution in [2.75, 3.05) is 0 Å². The maximum Gasteiger partial charge on any atom is 0.197 e. The van der Waals surface area contributed by atoms with Crippen LogP contribution in [-0.2, 0) is 5.75 Å². The lowest BCUT2D eigenvalue weighted by molar-refractivity contribution is 0.103. The van der Waals surface area contributed by atoms with Gasteiger partial charge >= 0.3 is 0 Å². The number of thioether (sulfide) groups is 1. The molecule has 0 unspecified atom stereocenters. The molecule has 90 valence electrons. The molecular formula is C15H11FOS. The van der Waals surface area contributed by atoms with Gasteiger partial charge in [0, 0.05) is 16.2 Å². The van der Waals surface area contributed by atoms with E-state index in [1.165, 1.54) is 6.07 Å². The van der Waals surface area contributed by atoms with Gasteiger partial charge in [-0.2, -0.15) is 0 Å². The van der Waals surface area contributed by atoms with Crippen molar-refractivity contribution < 1.29 is 9.18 Å². The summed E-state index contributed by atoms with van der Waals surface area (Å²) in [5.41, 5.74) is 2.72. The Kier molecular flexibility index (Phi) is 2.71.